The maximum Gasteiger partial charge on any atom is 0.178 e. The fraction of sp³-hybridized carbons (Fsp3) is 0.694. The van der Waals surface area contributed by atoms with Gasteiger partial charge in [-0.25, -0.2) is 13.0 Å². The van der Waals surface area contributed by atoms with Gasteiger partial charge in [0.25, 0.3) is 0 Å². The molecule has 0 bridgehead atoms. The molecule has 7 heteroatoms. The number of unbranched alkanes of at least 4 members (excludes halogenated alkanes) is 12. The van der Waals surface area contributed by atoms with Crippen molar-refractivity contribution < 1.29 is 27.0 Å². The number of aromatic nitrogens is 1. The topological polar surface area (TPSA) is 79.5 Å². The third-order valence-electron chi connectivity index (χ3n) is 8.35. The maximum absolute atomic E-state index is 10.4. The minimum atomic E-state index is -4.27. The van der Waals surface area contributed by atoms with Crippen LogP contribution in [-0.2, 0) is 26.1 Å². The van der Waals surface area contributed by atoms with E-state index in [0.717, 1.165) is 44.3 Å². The predicted octanol–water partition coefficient (Wildman–Crippen LogP) is 8.47. The Morgan fingerprint density at radius 3 is 2.07 bits per heavy atom. The molecule has 1 fully saturated rings. The smallest absolute Gasteiger partial charge is 0.178 e. The molecule has 0 unspecified atom stereocenters. The van der Waals surface area contributed by atoms with E-state index in [1.807, 2.05) is 6.92 Å². The molecule has 0 amide bonds. The first-order valence-corrected chi connectivity index (χ1v) is 18.4. The molecular weight excluding hydrogens is 558 g/mol. The number of hydrogen-bond donors (Lipinski definition) is 0. The molecule has 43 heavy (non-hydrogen) atoms. The summed E-state index contributed by atoms with van der Waals surface area (Å²) in [5, 5.41) is 0. The second-order valence-corrected chi connectivity index (χ2v) is 13.7. The van der Waals surface area contributed by atoms with Crippen LogP contribution in [0.2, 0.25) is 0 Å². The minimum absolute atomic E-state index is 0.178. The predicted molar refractivity (Wildman–Crippen MR) is 174 cm³/mol. The molecule has 0 saturated carbocycles. The van der Waals surface area contributed by atoms with Crippen molar-refractivity contribution >= 4 is 10.1 Å². The van der Waals surface area contributed by atoms with E-state index >= 15 is 0 Å². The van der Waals surface area contributed by atoms with Gasteiger partial charge in [0.2, 0.25) is 0 Å². The Balaban J connectivity index is 0.000000490. The van der Waals surface area contributed by atoms with Gasteiger partial charge in [-0.3, -0.25) is 0 Å². The number of pyridine rings is 1. The average molecular weight is 618 g/mol. The summed E-state index contributed by atoms with van der Waals surface area (Å²) in [5.41, 5.74) is 2.25. The molecular formula is C36H59NO5S. The molecule has 0 spiro atoms. The van der Waals surface area contributed by atoms with Crippen molar-refractivity contribution in [1.29, 1.82) is 0 Å². The van der Waals surface area contributed by atoms with E-state index in [1.165, 1.54) is 114 Å². The molecule has 2 atom stereocenters. The molecule has 244 valence electrons. The average Bonchev–Trinajstić information content (AvgIpc) is 3.44. The van der Waals surface area contributed by atoms with E-state index in [9.17, 15) is 13.0 Å². The molecule has 2 aromatic rings. The zero-order valence-electron chi connectivity index (χ0n) is 27.3. The molecule has 1 aliphatic heterocycles. The second-order valence-electron chi connectivity index (χ2n) is 12.3. The lowest BCUT2D eigenvalue weighted by atomic mass is 9.97. The molecule has 1 saturated heterocycles. The van der Waals surface area contributed by atoms with Crippen LogP contribution in [0.5, 0.6) is 0 Å². The summed E-state index contributed by atoms with van der Waals surface area (Å²) < 4.78 is 45.4. The number of nitrogens with zero attached hydrogens (tertiary/aromatic N) is 1. The second kappa shape index (κ2) is 22.7. The largest absolute Gasteiger partial charge is 0.744 e. The van der Waals surface area contributed by atoms with Crippen molar-refractivity contribution in [2.24, 2.45) is 5.92 Å². The molecule has 2 heterocycles. The van der Waals surface area contributed by atoms with Crippen LogP contribution in [0.1, 0.15) is 121 Å². The molecule has 1 aromatic heterocycles. The molecule has 6 nitrogen and oxygen atoms in total. The number of aryl methyl sites for hydroxylation is 3. The van der Waals surface area contributed by atoms with Crippen LogP contribution in [0.25, 0.3) is 0 Å². The van der Waals surface area contributed by atoms with Crippen LogP contribution in [0, 0.1) is 19.8 Å². The summed E-state index contributed by atoms with van der Waals surface area (Å²) in [5.74, 6) is 0.768. The van der Waals surface area contributed by atoms with E-state index in [-0.39, 0.29) is 4.90 Å². The van der Waals surface area contributed by atoms with Crippen molar-refractivity contribution in [2.75, 3.05) is 19.8 Å². The maximum atomic E-state index is 10.4. The van der Waals surface area contributed by atoms with E-state index in [0.29, 0.717) is 6.10 Å². The highest BCUT2D eigenvalue weighted by molar-refractivity contribution is 7.85. The molecule has 1 aromatic carbocycles. The van der Waals surface area contributed by atoms with E-state index in [2.05, 4.69) is 42.8 Å². The van der Waals surface area contributed by atoms with Crippen molar-refractivity contribution in [3.63, 3.8) is 0 Å². The van der Waals surface area contributed by atoms with Gasteiger partial charge in [0.15, 0.2) is 11.9 Å². The fourth-order valence-electron chi connectivity index (χ4n) is 5.59. The molecule has 3 rings (SSSR count). The lowest BCUT2D eigenvalue weighted by Crippen LogP contribution is -2.36. The van der Waals surface area contributed by atoms with Gasteiger partial charge in [-0.15, -0.1) is 0 Å². The molecule has 0 radical (unpaired) electrons. The Bertz CT molecular complexity index is 1070. The van der Waals surface area contributed by atoms with Crippen LogP contribution in [0.3, 0.4) is 0 Å². The summed E-state index contributed by atoms with van der Waals surface area (Å²) in [7, 11) is -4.27. The quantitative estimate of drug-likeness (QED) is 0.0797. The zero-order valence-corrected chi connectivity index (χ0v) is 28.1. The van der Waals surface area contributed by atoms with Crippen LogP contribution < -0.4 is 4.57 Å². The van der Waals surface area contributed by atoms with Crippen molar-refractivity contribution in [3.05, 3.63) is 59.9 Å². The number of rotatable bonds is 21. The molecule has 0 aliphatic carbocycles. The van der Waals surface area contributed by atoms with Gasteiger partial charge < -0.3 is 14.0 Å². The lowest BCUT2D eigenvalue weighted by Gasteiger charge is -2.10. The highest BCUT2D eigenvalue weighted by atomic mass is 32.2. The summed E-state index contributed by atoms with van der Waals surface area (Å²) in [6, 6.07) is 12.2. The zero-order chi connectivity index (χ0) is 31.2. The van der Waals surface area contributed by atoms with Crippen LogP contribution in [-0.4, -0.2) is 38.9 Å². The van der Waals surface area contributed by atoms with Gasteiger partial charge >= 0.3 is 0 Å². The Labute approximate surface area is 263 Å². The number of hydrogen-bond acceptors (Lipinski definition) is 5. The number of benzene rings is 1. The Morgan fingerprint density at radius 1 is 0.837 bits per heavy atom. The minimum Gasteiger partial charge on any atom is -0.744 e. The molecule has 1 aliphatic rings. The summed E-state index contributed by atoms with van der Waals surface area (Å²) >= 11 is 0. The summed E-state index contributed by atoms with van der Waals surface area (Å²) in [6.45, 7) is 9.96. The number of ether oxygens (including phenoxy) is 2. The van der Waals surface area contributed by atoms with E-state index < -0.39 is 10.1 Å². The summed E-state index contributed by atoms with van der Waals surface area (Å²) in [4.78, 5) is -0.178. The van der Waals surface area contributed by atoms with Crippen LogP contribution in [0.15, 0.2) is 53.6 Å². The fourth-order valence-corrected chi connectivity index (χ4v) is 6.06. The summed E-state index contributed by atoms with van der Waals surface area (Å²) in [6.07, 6.45) is 24.5. The Hall–Kier alpha value is -1.80. The highest BCUT2D eigenvalue weighted by Crippen LogP contribution is 2.25. The lowest BCUT2D eigenvalue weighted by molar-refractivity contribution is -0.703. The van der Waals surface area contributed by atoms with Gasteiger partial charge in [0.05, 0.1) is 17.6 Å². The van der Waals surface area contributed by atoms with Crippen molar-refractivity contribution in [3.8, 4) is 0 Å². The van der Waals surface area contributed by atoms with Gasteiger partial charge in [-0.05, 0) is 44.2 Å². The third-order valence-corrected chi connectivity index (χ3v) is 9.20. The van der Waals surface area contributed by atoms with Crippen LogP contribution in [0.4, 0.5) is 0 Å². The molecule has 0 N–H and O–H groups in total. The Kier molecular flexibility index (Phi) is 19.7. The van der Waals surface area contributed by atoms with Gasteiger partial charge in [-0.1, -0.05) is 108 Å². The first-order valence-electron chi connectivity index (χ1n) is 17.0. The first-order chi connectivity index (χ1) is 20.8. The third kappa shape index (κ3) is 17.9. The Morgan fingerprint density at radius 2 is 1.47 bits per heavy atom. The van der Waals surface area contributed by atoms with Gasteiger partial charge in [0, 0.05) is 38.7 Å². The highest BCUT2D eigenvalue weighted by Gasteiger charge is 2.25. The normalized spacial score (nSPS) is 16.7. The van der Waals surface area contributed by atoms with E-state index in [4.69, 9.17) is 9.47 Å². The van der Waals surface area contributed by atoms with Gasteiger partial charge in [0.1, 0.15) is 16.7 Å². The van der Waals surface area contributed by atoms with E-state index in [1.54, 1.807) is 12.1 Å². The standard InChI is InChI=1S/C29H52NO2.C7H8O3S/c1-3-4-5-6-7-8-9-10-11-12-13-14-20-28-24-29(32-25-28)26-31-23-18-17-22-30-21-16-15-19-27(30)2;1-6-2-4-7(5-3-6)11(8,9)10/h15-16,19,21,28-29H,3-14,17-18,20,22-26H2,1-2H3;2-5H,1H3,(H,8,9,10)/q+1;/p-1/t28-,29+;/m1./s1. The van der Waals surface area contributed by atoms with Crippen molar-refractivity contribution in [1.82, 2.24) is 0 Å². The van der Waals surface area contributed by atoms with Gasteiger partial charge in [-0.2, -0.15) is 0 Å². The van der Waals surface area contributed by atoms with Crippen molar-refractivity contribution in [2.45, 2.75) is 141 Å². The first kappa shape index (κ1) is 37.4. The monoisotopic (exact) mass is 617 g/mol. The van der Waals surface area contributed by atoms with Crippen LogP contribution >= 0.6 is 0 Å². The SMILES string of the molecule is CCCCCCCCCCCCCC[C@H]1CO[C@H](COCCCC[n+]2ccccc2C)C1.Cc1ccc(S(=O)(=O)[O-])cc1.